The van der Waals surface area contributed by atoms with Crippen LogP contribution in [0.25, 0.3) is 0 Å². The summed E-state index contributed by atoms with van der Waals surface area (Å²) in [5.41, 5.74) is 0. The van der Waals surface area contributed by atoms with E-state index in [0.717, 1.165) is 0 Å². The average Bonchev–Trinajstić information content (AvgIpc) is 1.12. The van der Waals surface area contributed by atoms with Gasteiger partial charge in [0.05, 0.1) is 0 Å². The van der Waals surface area contributed by atoms with Gasteiger partial charge in [0.1, 0.15) is 0 Å². The second kappa shape index (κ2) is 49.6. The SMILES string of the molecule is O.O.O.O.O.O.O.O=S(=O)([O-])[O-].O=S(=O)([O-])[O-].[K+].[K+].[Mg+2].[Mn+2]. The maximum atomic E-state index is 8.52. The van der Waals surface area contributed by atoms with Gasteiger partial charge in [-0.3, -0.25) is 16.8 Å². The second-order valence-corrected chi connectivity index (χ2v) is 2.45. The van der Waals surface area contributed by atoms with Crippen molar-refractivity contribution in [2.45, 2.75) is 0 Å². The van der Waals surface area contributed by atoms with E-state index in [1.54, 1.807) is 0 Å². The van der Waals surface area contributed by atoms with Crippen LogP contribution in [0.3, 0.4) is 0 Å². The van der Waals surface area contributed by atoms with Crippen molar-refractivity contribution in [2.75, 3.05) is 0 Å². The first-order valence-electron chi connectivity index (χ1n) is 1.33. The molecule has 0 rings (SSSR count). The summed E-state index contributed by atoms with van der Waals surface area (Å²) >= 11 is 0. The van der Waals surface area contributed by atoms with Crippen molar-refractivity contribution in [1.29, 1.82) is 0 Å². The molecule has 0 aliphatic rings. The fourth-order valence-electron chi connectivity index (χ4n) is 0. The predicted molar refractivity (Wildman–Crippen MR) is 52.0 cm³/mol. The summed E-state index contributed by atoms with van der Waals surface area (Å²) in [6, 6.07) is 0. The maximum absolute atomic E-state index is 8.52. The number of rotatable bonds is 0. The molecule has 1 radical (unpaired) electrons. The molecule has 0 unspecified atom stereocenters. The quantitative estimate of drug-likeness (QED) is 0.183. The monoisotopic (exact) mass is 475 g/mol. The first-order valence-corrected chi connectivity index (χ1v) is 4.00. The van der Waals surface area contributed by atoms with E-state index in [2.05, 4.69) is 0 Å². The molecule has 0 saturated carbocycles. The molecule has 21 heteroatoms. The molecule has 0 aromatic heterocycles. The van der Waals surface area contributed by atoms with Gasteiger partial charge in [-0.2, -0.15) is 0 Å². The summed E-state index contributed by atoms with van der Waals surface area (Å²) in [4.78, 5) is 0. The van der Waals surface area contributed by atoms with Gasteiger partial charge in [0.2, 0.25) is 0 Å². The van der Waals surface area contributed by atoms with Crippen LogP contribution in [-0.4, -0.2) is 96.4 Å². The van der Waals surface area contributed by atoms with Crippen molar-refractivity contribution in [3.05, 3.63) is 0 Å². The Labute approximate surface area is 232 Å². The Morgan fingerprint density at radius 1 is 0.476 bits per heavy atom. The van der Waals surface area contributed by atoms with E-state index in [-0.39, 0.29) is 181 Å². The minimum atomic E-state index is -5.17. The number of hydrogen-bond donors (Lipinski definition) is 0. The summed E-state index contributed by atoms with van der Waals surface area (Å²) < 4.78 is 68.2. The van der Waals surface area contributed by atoms with Crippen molar-refractivity contribution in [3.8, 4) is 0 Å². The Hall–Kier alpha value is 4.02. The molecule has 0 aliphatic heterocycles. The zero-order valence-electron chi connectivity index (χ0n) is 10.7. The summed E-state index contributed by atoms with van der Waals surface area (Å²) in [6.07, 6.45) is 0. The summed E-state index contributed by atoms with van der Waals surface area (Å²) in [7, 11) is -10.3. The van der Waals surface area contributed by atoms with E-state index < -0.39 is 20.8 Å². The Bertz CT molecular complexity index is 226. The van der Waals surface area contributed by atoms with E-state index in [0.29, 0.717) is 0 Å². The van der Waals surface area contributed by atoms with E-state index in [1.165, 1.54) is 0 Å². The van der Waals surface area contributed by atoms with Crippen molar-refractivity contribution < 1.29 is 193 Å². The normalized spacial score (nSPS) is 5.52. The minimum Gasteiger partial charge on any atom is -0.759 e. The smallest absolute Gasteiger partial charge is 0.759 e. The van der Waals surface area contributed by atoms with Crippen LogP contribution in [-0.2, 0) is 37.9 Å². The molecule has 125 valence electrons. The van der Waals surface area contributed by atoms with Gasteiger partial charge >= 0.3 is 143 Å². The van der Waals surface area contributed by atoms with Gasteiger partial charge in [-0.15, -0.1) is 0 Å². The van der Waals surface area contributed by atoms with Crippen LogP contribution in [0.1, 0.15) is 0 Å². The van der Waals surface area contributed by atoms with E-state index in [4.69, 9.17) is 35.0 Å². The molecule has 0 amide bonds. The fraction of sp³-hybridized carbons (Fsp3) is 0. The second-order valence-electron chi connectivity index (χ2n) is 0.816. The van der Waals surface area contributed by atoms with E-state index in [9.17, 15) is 0 Å². The van der Waals surface area contributed by atoms with Crippen LogP contribution in [0.5, 0.6) is 0 Å². The molecule has 0 bridgehead atoms. The molecular formula is H14K2MgMnO15S2+2. The average molecular weight is 476 g/mol. The van der Waals surface area contributed by atoms with Crippen LogP contribution in [0.2, 0.25) is 0 Å². The fourth-order valence-corrected chi connectivity index (χ4v) is 0. The molecule has 0 aromatic carbocycles. The van der Waals surface area contributed by atoms with Gasteiger partial charge in [0, 0.05) is 20.8 Å². The Kier molecular flexibility index (Phi) is 236. The van der Waals surface area contributed by atoms with Crippen LogP contribution in [0.4, 0.5) is 0 Å². The summed E-state index contributed by atoms with van der Waals surface area (Å²) in [5.74, 6) is 0. The standard InChI is InChI=1S/2K.Mg.Mn.2H2O4S.7H2O/c;;;;2*1-5(2,3)4;;;;;;;/h;;;;2*(H2,1,2,3,4);7*1H2/q2*+1;2*+2;;;;;;;;;/p-4. The predicted octanol–water partition coefficient (Wildman–Crippen LogP) is -14.8. The molecule has 0 spiro atoms. The van der Waals surface area contributed by atoms with Gasteiger partial charge in [-0.1, -0.05) is 0 Å². The van der Waals surface area contributed by atoms with Gasteiger partial charge in [0.15, 0.2) is 0 Å². The zero-order valence-corrected chi connectivity index (χ0v) is 21.1. The molecule has 15 nitrogen and oxygen atoms in total. The molecule has 14 N–H and O–H groups in total. The van der Waals surface area contributed by atoms with Crippen molar-refractivity contribution in [2.24, 2.45) is 0 Å². The van der Waals surface area contributed by atoms with Crippen molar-refractivity contribution in [3.63, 3.8) is 0 Å². The maximum Gasteiger partial charge on any atom is 2.00 e. The largest absolute Gasteiger partial charge is 2.00 e. The van der Waals surface area contributed by atoms with E-state index >= 15 is 0 Å². The van der Waals surface area contributed by atoms with Crippen LogP contribution in [0.15, 0.2) is 0 Å². The van der Waals surface area contributed by atoms with Crippen LogP contribution >= 0.6 is 0 Å². The van der Waals surface area contributed by atoms with Crippen molar-refractivity contribution in [1.82, 2.24) is 0 Å². The summed E-state index contributed by atoms with van der Waals surface area (Å²) in [5, 5.41) is 0. The van der Waals surface area contributed by atoms with E-state index in [1.807, 2.05) is 0 Å². The number of hydrogen-bond acceptors (Lipinski definition) is 8. The Morgan fingerprint density at radius 3 is 0.476 bits per heavy atom. The molecule has 0 fully saturated rings. The molecule has 0 heterocycles. The molecule has 21 heavy (non-hydrogen) atoms. The minimum absolute atomic E-state index is 0. The zero-order chi connectivity index (χ0) is 9.00. The van der Waals surface area contributed by atoms with Gasteiger partial charge in [-0.05, 0) is 0 Å². The molecule has 0 aromatic rings. The first-order chi connectivity index (χ1) is 4.00. The molecular weight excluding hydrogens is 462 g/mol. The third kappa shape index (κ3) is 721. The topological polar surface area (TPSA) is 381 Å². The molecule has 0 atom stereocenters. The van der Waals surface area contributed by atoms with Crippen LogP contribution < -0.4 is 103 Å². The molecule has 0 saturated heterocycles. The first kappa shape index (κ1) is 99.9. The summed E-state index contributed by atoms with van der Waals surface area (Å²) in [6.45, 7) is 0. The third-order valence-corrected chi connectivity index (χ3v) is 0. The van der Waals surface area contributed by atoms with Gasteiger partial charge in [0.25, 0.3) is 0 Å². The molecule has 0 aliphatic carbocycles. The Balaban J connectivity index is -0.00000000364. The van der Waals surface area contributed by atoms with Gasteiger partial charge in [-0.25, -0.2) is 0 Å². The van der Waals surface area contributed by atoms with Crippen molar-refractivity contribution >= 4 is 43.9 Å². The van der Waals surface area contributed by atoms with Crippen LogP contribution in [0, 0.1) is 0 Å². The Morgan fingerprint density at radius 2 is 0.476 bits per heavy atom. The third-order valence-electron chi connectivity index (χ3n) is 0. The van der Waals surface area contributed by atoms with Gasteiger partial charge < -0.3 is 56.5 Å².